The van der Waals surface area contributed by atoms with Crippen LogP contribution in [0.1, 0.15) is 37.3 Å². The lowest BCUT2D eigenvalue weighted by atomic mass is 9.79. The number of hydrogen-bond donors (Lipinski definition) is 1. The monoisotopic (exact) mass is 257 g/mol. The summed E-state index contributed by atoms with van der Waals surface area (Å²) < 4.78 is 39.5. The summed E-state index contributed by atoms with van der Waals surface area (Å²) in [6, 6.07) is 6.33. The molecule has 1 aliphatic carbocycles. The van der Waals surface area contributed by atoms with Gasteiger partial charge in [-0.1, -0.05) is 12.1 Å². The second-order valence-electron chi connectivity index (χ2n) is 5.01. The fourth-order valence-electron chi connectivity index (χ4n) is 2.77. The average molecular weight is 257 g/mol. The Kier molecular flexibility index (Phi) is 3.95. The topological polar surface area (TPSA) is 12.0 Å². The summed E-state index contributed by atoms with van der Waals surface area (Å²) in [6.45, 7) is 0. The van der Waals surface area contributed by atoms with Gasteiger partial charge in [-0.3, -0.25) is 0 Å². The zero-order chi connectivity index (χ0) is 13.2. The van der Waals surface area contributed by atoms with Crippen molar-refractivity contribution < 1.29 is 13.2 Å². The normalized spacial score (nSPS) is 21.8. The van der Waals surface area contributed by atoms with Gasteiger partial charge in [0.05, 0.1) is 0 Å². The molecule has 0 radical (unpaired) electrons. The second kappa shape index (κ2) is 5.31. The highest BCUT2D eigenvalue weighted by Gasteiger charge is 2.37. The number of nitrogens with one attached hydrogen (secondary N) is 1. The predicted octanol–water partition coefficient (Wildman–Crippen LogP) is 3.91. The summed E-state index contributed by atoms with van der Waals surface area (Å²) in [5.74, 6) is -2.65. The first-order chi connectivity index (χ1) is 8.52. The molecule has 1 saturated carbocycles. The Morgan fingerprint density at radius 2 is 1.94 bits per heavy atom. The summed E-state index contributed by atoms with van der Waals surface area (Å²) in [6.07, 6.45) is 0.834. The van der Waals surface area contributed by atoms with Crippen LogP contribution in [0.5, 0.6) is 0 Å². The average Bonchev–Trinajstić information content (AvgIpc) is 2.32. The Morgan fingerprint density at radius 1 is 1.28 bits per heavy atom. The van der Waals surface area contributed by atoms with E-state index in [0.717, 1.165) is 5.56 Å². The van der Waals surface area contributed by atoms with Crippen molar-refractivity contribution in [3.63, 3.8) is 0 Å². The first kappa shape index (κ1) is 13.4. The van der Waals surface area contributed by atoms with Crippen LogP contribution in [-0.4, -0.2) is 13.0 Å². The van der Waals surface area contributed by atoms with E-state index in [9.17, 15) is 13.2 Å². The van der Waals surface area contributed by atoms with Gasteiger partial charge in [0.25, 0.3) is 0 Å². The van der Waals surface area contributed by atoms with Crippen molar-refractivity contribution in [2.75, 3.05) is 7.05 Å². The van der Waals surface area contributed by atoms with E-state index in [1.54, 1.807) is 13.1 Å². The Bertz CT molecular complexity index is 396. The van der Waals surface area contributed by atoms with Gasteiger partial charge in [-0.2, -0.15) is 0 Å². The smallest absolute Gasteiger partial charge is 0.248 e. The molecule has 1 unspecified atom stereocenters. The molecule has 100 valence electrons. The van der Waals surface area contributed by atoms with Crippen molar-refractivity contribution in [3.8, 4) is 0 Å². The molecular weight excluding hydrogens is 239 g/mol. The fraction of sp³-hybridized carbons (Fsp3) is 0.571. The minimum absolute atomic E-state index is 0.0446. The number of benzene rings is 1. The molecule has 18 heavy (non-hydrogen) atoms. The maximum atomic E-state index is 13.2. The molecule has 0 aliphatic heterocycles. The zero-order valence-corrected chi connectivity index (χ0v) is 10.4. The van der Waals surface area contributed by atoms with Crippen molar-refractivity contribution in [2.45, 2.75) is 37.6 Å². The third kappa shape index (κ3) is 3.05. The molecule has 0 bridgehead atoms. The maximum Gasteiger partial charge on any atom is 0.248 e. The van der Waals surface area contributed by atoms with Crippen molar-refractivity contribution in [2.24, 2.45) is 5.92 Å². The molecule has 1 aromatic carbocycles. The molecule has 0 spiro atoms. The van der Waals surface area contributed by atoms with Crippen LogP contribution in [-0.2, 0) is 0 Å². The Labute approximate surface area is 105 Å². The van der Waals surface area contributed by atoms with Gasteiger partial charge in [-0.15, -0.1) is 0 Å². The molecule has 0 saturated heterocycles. The fourth-order valence-corrected chi connectivity index (χ4v) is 2.77. The van der Waals surface area contributed by atoms with Crippen LogP contribution in [0.15, 0.2) is 24.3 Å². The van der Waals surface area contributed by atoms with Crippen LogP contribution in [0.4, 0.5) is 13.2 Å². The molecule has 0 aromatic heterocycles. The van der Waals surface area contributed by atoms with Crippen molar-refractivity contribution in [1.29, 1.82) is 0 Å². The Balaban J connectivity index is 2.10. The van der Waals surface area contributed by atoms with Gasteiger partial charge in [-0.05, 0) is 43.5 Å². The van der Waals surface area contributed by atoms with Gasteiger partial charge in [0.1, 0.15) is 5.82 Å². The standard InChI is InChI=1S/C14H18F3N/c1-18-13(11-3-2-4-12(15)9-11)10-5-7-14(16,17)8-6-10/h2-4,9-10,13,18H,5-8H2,1H3. The number of alkyl halides is 2. The van der Waals surface area contributed by atoms with Gasteiger partial charge < -0.3 is 5.32 Å². The first-order valence-electron chi connectivity index (χ1n) is 6.32. The maximum absolute atomic E-state index is 13.2. The van der Waals surface area contributed by atoms with E-state index in [0.29, 0.717) is 12.8 Å². The molecule has 1 nitrogen and oxygen atoms in total. The zero-order valence-electron chi connectivity index (χ0n) is 10.4. The number of hydrogen-bond acceptors (Lipinski definition) is 1. The highest BCUT2D eigenvalue weighted by atomic mass is 19.3. The van der Waals surface area contributed by atoms with Crippen LogP contribution < -0.4 is 5.32 Å². The van der Waals surface area contributed by atoms with E-state index < -0.39 is 5.92 Å². The van der Waals surface area contributed by atoms with Gasteiger partial charge in [0.15, 0.2) is 0 Å². The molecular formula is C14H18F3N. The summed E-state index contributed by atoms with van der Waals surface area (Å²) >= 11 is 0. The summed E-state index contributed by atoms with van der Waals surface area (Å²) in [7, 11) is 1.79. The van der Waals surface area contributed by atoms with Gasteiger partial charge in [0.2, 0.25) is 5.92 Å². The van der Waals surface area contributed by atoms with Gasteiger partial charge >= 0.3 is 0 Å². The van der Waals surface area contributed by atoms with E-state index in [2.05, 4.69) is 5.32 Å². The number of rotatable bonds is 3. The quantitative estimate of drug-likeness (QED) is 0.865. The molecule has 1 atom stereocenters. The van der Waals surface area contributed by atoms with Crippen LogP contribution in [0.25, 0.3) is 0 Å². The lowest BCUT2D eigenvalue weighted by Gasteiger charge is -2.33. The van der Waals surface area contributed by atoms with Crippen LogP contribution in [0.2, 0.25) is 0 Å². The Morgan fingerprint density at radius 3 is 2.50 bits per heavy atom. The lowest BCUT2D eigenvalue weighted by Crippen LogP contribution is -2.32. The molecule has 2 rings (SSSR count). The van der Waals surface area contributed by atoms with Gasteiger partial charge in [-0.25, -0.2) is 13.2 Å². The van der Waals surface area contributed by atoms with E-state index in [1.165, 1.54) is 12.1 Å². The first-order valence-corrected chi connectivity index (χ1v) is 6.32. The molecule has 1 aromatic rings. The molecule has 0 amide bonds. The van der Waals surface area contributed by atoms with E-state index in [4.69, 9.17) is 0 Å². The van der Waals surface area contributed by atoms with Crippen molar-refractivity contribution in [1.82, 2.24) is 5.32 Å². The summed E-state index contributed by atoms with van der Waals surface area (Å²) in [5, 5.41) is 3.13. The lowest BCUT2D eigenvalue weighted by molar-refractivity contribution is -0.0495. The second-order valence-corrected chi connectivity index (χ2v) is 5.01. The largest absolute Gasteiger partial charge is 0.313 e. The summed E-state index contributed by atoms with van der Waals surface area (Å²) in [5.41, 5.74) is 0.840. The van der Waals surface area contributed by atoms with E-state index in [-0.39, 0.29) is 30.6 Å². The molecule has 1 N–H and O–H groups in total. The predicted molar refractivity (Wildman–Crippen MR) is 65.1 cm³/mol. The van der Waals surface area contributed by atoms with Crippen LogP contribution in [0.3, 0.4) is 0 Å². The van der Waals surface area contributed by atoms with Crippen LogP contribution >= 0.6 is 0 Å². The van der Waals surface area contributed by atoms with Crippen LogP contribution in [0, 0.1) is 11.7 Å². The third-order valence-electron chi connectivity index (χ3n) is 3.75. The van der Waals surface area contributed by atoms with Crippen molar-refractivity contribution in [3.05, 3.63) is 35.6 Å². The van der Waals surface area contributed by atoms with E-state index >= 15 is 0 Å². The molecule has 1 fully saturated rings. The third-order valence-corrected chi connectivity index (χ3v) is 3.75. The minimum Gasteiger partial charge on any atom is -0.313 e. The highest BCUT2D eigenvalue weighted by molar-refractivity contribution is 5.21. The molecule has 4 heteroatoms. The highest BCUT2D eigenvalue weighted by Crippen LogP contribution is 2.41. The Hall–Kier alpha value is -1.03. The van der Waals surface area contributed by atoms with E-state index in [1.807, 2.05) is 6.07 Å². The SMILES string of the molecule is CNC(c1cccc(F)c1)C1CCC(F)(F)CC1. The molecule has 1 aliphatic rings. The van der Waals surface area contributed by atoms with Gasteiger partial charge in [0, 0.05) is 18.9 Å². The number of halogens is 3. The minimum atomic E-state index is -2.52. The van der Waals surface area contributed by atoms with Crippen molar-refractivity contribution >= 4 is 0 Å². The molecule has 0 heterocycles. The summed E-state index contributed by atoms with van der Waals surface area (Å²) in [4.78, 5) is 0.